The van der Waals surface area contributed by atoms with Crippen molar-refractivity contribution in [3.8, 4) is 0 Å². The number of likely N-dealkylation sites (tertiary alicyclic amines) is 1. The van der Waals surface area contributed by atoms with Gasteiger partial charge in [0.05, 0.1) is 0 Å². The van der Waals surface area contributed by atoms with E-state index in [2.05, 4.69) is 32.8 Å². The zero-order valence-corrected chi connectivity index (χ0v) is 14.0. The summed E-state index contributed by atoms with van der Waals surface area (Å²) in [7, 11) is 2.24. The van der Waals surface area contributed by atoms with Crippen molar-refractivity contribution < 1.29 is 4.39 Å². The van der Waals surface area contributed by atoms with Gasteiger partial charge in [-0.1, -0.05) is 15.9 Å². The lowest BCUT2D eigenvalue weighted by atomic mass is 10.0. The smallest absolute Gasteiger partial charge is 0.123 e. The van der Waals surface area contributed by atoms with Crippen LogP contribution in [-0.4, -0.2) is 48.6 Å². The number of hydrogen-bond acceptors (Lipinski definition) is 3. The number of rotatable bonds is 3. The lowest BCUT2D eigenvalue weighted by Crippen LogP contribution is -2.40. The highest BCUT2D eigenvalue weighted by Crippen LogP contribution is 2.34. The summed E-state index contributed by atoms with van der Waals surface area (Å²) in [6, 6.07) is 6.29. The summed E-state index contributed by atoms with van der Waals surface area (Å²) in [6.07, 6.45) is 3.75. The third-order valence-corrected chi connectivity index (χ3v) is 5.88. The van der Waals surface area contributed by atoms with Gasteiger partial charge in [-0.2, -0.15) is 0 Å². The first-order chi connectivity index (χ1) is 10.1. The molecule has 1 aromatic carbocycles. The third-order valence-electron chi connectivity index (χ3n) is 5.16. The van der Waals surface area contributed by atoms with E-state index >= 15 is 0 Å². The molecule has 0 amide bonds. The van der Waals surface area contributed by atoms with E-state index in [0.29, 0.717) is 18.6 Å². The van der Waals surface area contributed by atoms with Gasteiger partial charge in [0.15, 0.2) is 0 Å². The van der Waals surface area contributed by atoms with Crippen molar-refractivity contribution in [3.63, 3.8) is 0 Å². The van der Waals surface area contributed by atoms with E-state index in [-0.39, 0.29) is 11.9 Å². The Kier molecular flexibility index (Phi) is 4.64. The molecule has 0 aromatic heterocycles. The summed E-state index contributed by atoms with van der Waals surface area (Å²) in [5.41, 5.74) is 7.01. The van der Waals surface area contributed by atoms with Gasteiger partial charge in [-0.25, -0.2) is 4.39 Å². The van der Waals surface area contributed by atoms with E-state index in [1.54, 1.807) is 12.1 Å². The molecule has 3 nitrogen and oxygen atoms in total. The molecule has 1 aromatic rings. The van der Waals surface area contributed by atoms with Gasteiger partial charge in [0.1, 0.15) is 5.82 Å². The van der Waals surface area contributed by atoms with Gasteiger partial charge in [0, 0.05) is 42.2 Å². The van der Waals surface area contributed by atoms with Crippen LogP contribution in [0.5, 0.6) is 0 Å². The predicted molar refractivity (Wildman–Crippen MR) is 86.7 cm³/mol. The molecule has 0 radical (unpaired) electrons. The first-order valence-electron chi connectivity index (χ1n) is 7.71. The highest BCUT2D eigenvalue weighted by molar-refractivity contribution is 9.10. The van der Waals surface area contributed by atoms with Crippen LogP contribution in [-0.2, 0) is 0 Å². The van der Waals surface area contributed by atoms with Crippen molar-refractivity contribution in [1.82, 2.24) is 9.80 Å². The van der Waals surface area contributed by atoms with Gasteiger partial charge in [0.2, 0.25) is 0 Å². The van der Waals surface area contributed by atoms with Crippen LogP contribution in [0.3, 0.4) is 0 Å². The van der Waals surface area contributed by atoms with Crippen LogP contribution in [0.15, 0.2) is 22.7 Å². The number of nitrogens with zero attached hydrogens (tertiary/aromatic N) is 2. The fourth-order valence-electron chi connectivity index (χ4n) is 3.86. The topological polar surface area (TPSA) is 32.5 Å². The molecular formula is C16H23BrFN3. The average molecular weight is 356 g/mol. The maximum absolute atomic E-state index is 13.6. The molecule has 2 saturated heterocycles. The van der Waals surface area contributed by atoms with Crippen LogP contribution >= 0.6 is 15.9 Å². The van der Waals surface area contributed by atoms with Crippen LogP contribution in [0.1, 0.15) is 30.9 Å². The third kappa shape index (κ3) is 3.02. The lowest BCUT2D eigenvalue weighted by molar-refractivity contribution is 0.174. The molecular weight excluding hydrogens is 333 g/mol. The number of likely N-dealkylation sites (N-methyl/N-ethyl adjacent to an activating group) is 1. The first kappa shape index (κ1) is 15.4. The van der Waals surface area contributed by atoms with E-state index in [1.807, 2.05) is 0 Å². The molecule has 0 aliphatic carbocycles. The second kappa shape index (κ2) is 6.32. The van der Waals surface area contributed by atoms with Crippen LogP contribution in [0.25, 0.3) is 0 Å². The molecule has 3 rings (SSSR count). The SMILES string of the molecule is CN1C2CCC1CN(C(CN)c1cc(F)ccc1Br)CC2. The monoisotopic (exact) mass is 355 g/mol. The highest BCUT2D eigenvalue weighted by atomic mass is 79.9. The van der Waals surface area contributed by atoms with E-state index in [4.69, 9.17) is 5.73 Å². The fourth-order valence-corrected chi connectivity index (χ4v) is 4.37. The Balaban J connectivity index is 1.84. The molecule has 5 heteroatoms. The van der Waals surface area contributed by atoms with Gasteiger partial charge < -0.3 is 5.73 Å². The Morgan fingerprint density at radius 1 is 1.33 bits per heavy atom. The summed E-state index contributed by atoms with van der Waals surface area (Å²) in [6.45, 7) is 2.58. The Hall–Kier alpha value is -0.490. The predicted octanol–water partition coefficient (Wildman–Crippen LogP) is 2.76. The number of benzene rings is 1. The van der Waals surface area contributed by atoms with Crippen molar-refractivity contribution in [2.45, 2.75) is 37.4 Å². The number of nitrogens with two attached hydrogens (primary N) is 1. The minimum absolute atomic E-state index is 0.0859. The number of hydrogen-bond donors (Lipinski definition) is 1. The Labute approximate surface area is 134 Å². The van der Waals surface area contributed by atoms with Crippen molar-refractivity contribution >= 4 is 15.9 Å². The molecule has 2 aliphatic heterocycles. The first-order valence-corrected chi connectivity index (χ1v) is 8.50. The number of fused-ring (bicyclic) bond motifs is 2. The Bertz CT molecular complexity index is 510. The standard InChI is InChI=1S/C16H23BrFN3/c1-20-12-3-4-13(20)10-21(7-6-12)16(9-19)14-8-11(18)2-5-15(14)17/h2,5,8,12-13,16H,3-4,6-7,9-10,19H2,1H3. The Morgan fingerprint density at radius 3 is 2.86 bits per heavy atom. The largest absolute Gasteiger partial charge is 0.329 e. The minimum Gasteiger partial charge on any atom is -0.329 e. The maximum atomic E-state index is 13.6. The lowest BCUT2D eigenvalue weighted by Gasteiger charge is -2.33. The van der Waals surface area contributed by atoms with Crippen molar-refractivity contribution in [3.05, 3.63) is 34.1 Å². The van der Waals surface area contributed by atoms with Crippen LogP contribution in [0, 0.1) is 5.82 Å². The van der Waals surface area contributed by atoms with E-state index < -0.39 is 0 Å². The summed E-state index contributed by atoms with van der Waals surface area (Å²) in [5.74, 6) is -0.194. The normalized spacial score (nSPS) is 28.6. The van der Waals surface area contributed by atoms with E-state index in [0.717, 1.165) is 23.1 Å². The second-order valence-corrected chi connectivity index (χ2v) is 7.11. The molecule has 2 aliphatic rings. The molecule has 116 valence electrons. The van der Waals surface area contributed by atoms with E-state index in [9.17, 15) is 4.39 Å². The summed E-state index contributed by atoms with van der Waals surface area (Å²) in [5, 5.41) is 0. The van der Waals surface area contributed by atoms with Crippen molar-refractivity contribution in [2.75, 3.05) is 26.7 Å². The fraction of sp³-hybridized carbons (Fsp3) is 0.625. The Morgan fingerprint density at radius 2 is 2.10 bits per heavy atom. The second-order valence-electron chi connectivity index (χ2n) is 6.25. The van der Waals surface area contributed by atoms with Crippen molar-refractivity contribution in [2.24, 2.45) is 5.73 Å². The molecule has 21 heavy (non-hydrogen) atoms. The molecule has 2 bridgehead atoms. The summed E-state index contributed by atoms with van der Waals surface area (Å²) >= 11 is 3.55. The zero-order chi connectivity index (χ0) is 15.0. The molecule has 2 fully saturated rings. The van der Waals surface area contributed by atoms with Gasteiger partial charge in [-0.3, -0.25) is 9.80 Å². The zero-order valence-electron chi connectivity index (χ0n) is 12.4. The number of halogens is 2. The van der Waals surface area contributed by atoms with Gasteiger partial charge in [0.25, 0.3) is 0 Å². The molecule has 2 N–H and O–H groups in total. The summed E-state index contributed by atoms with van der Waals surface area (Å²) < 4.78 is 14.6. The molecule has 0 saturated carbocycles. The average Bonchev–Trinajstić information content (AvgIpc) is 2.70. The quantitative estimate of drug-likeness (QED) is 0.904. The highest BCUT2D eigenvalue weighted by Gasteiger charge is 2.36. The summed E-state index contributed by atoms with van der Waals surface area (Å²) in [4.78, 5) is 4.97. The molecule has 3 atom stereocenters. The maximum Gasteiger partial charge on any atom is 0.123 e. The van der Waals surface area contributed by atoms with Gasteiger partial charge in [-0.15, -0.1) is 0 Å². The van der Waals surface area contributed by atoms with Gasteiger partial charge >= 0.3 is 0 Å². The minimum atomic E-state index is -0.194. The molecule has 0 spiro atoms. The van der Waals surface area contributed by atoms with Gasteiger partial charge in [-0.05, 0) is 50.1 Å². The van der Waals surface area contributed by atoms with Crippen LogP contribution in [0.4, 0.5) is 4.39 Å². The molecule has 3 unspecified atom stereocenters. The molecule has 2 heterocycles. The van der Waals surface area contributed by atoms with E-state index in [1.165, 1.54) is 25.3 Å². The van der Waals surface area contributed by atoms with Crippen molar-refractivity contribution in [1.29, 1.82) is 0 Å². The van der Waals surface area contributed by atoms with Crippen LogP contribution < -0.4 is 5.73 Å². The van der Waals surface area contributed by atoms with Crippen LogP contribution in [0.2, 0.25) is 0 Å².